The number of fused-ring (bicyclic) bond motifs is 2. The molecule has 0 aliphatic rings. The van der Waals surface area contributed by atoms with Crippen molar-refractivity contribution in [3.8, 4) is 66.8 Å². The molecule has 0 heterocycles. The summed E-state index contributed by atoms with van der Waals surface area (Å²) in [4.78, 5) is 1.56. The van der Waals surface area contributed by atoms with Gasteiger partial charge in [-0.1, -0.05) is 224 Å². The van der Waals surface area contributed by atoms with E-state index in [0.29, 0.717) is 27.9 Å². The van der Waals surface area contributed by atoms with Gasteiger partial charge in [-0.05, 0) is 119 Å². The molecule has 0 radical (unpaired) electrons. The van der Waals surface area contributed by atoms with E-state index >= 15 is 0 Å². The van der Waals surface area contributed by atoms with Crippen LogP contribution >= 0.6 is 0 Å². The molecule has 0 amide bonds. The number of nitrogens with zero attached hydrogens (tertiary/aromatic N) is 1. The number of rotatable bonds is 9. The monoisotopic (exact) mass is 808 g/mol. The fraction of sp³-hybridized carbons (Fsp3) is 0. The summed E-state index contributed by atoms with van der Waals surface area (Å²) in [5.74, 6) is 0. The van der Waals surface area contributed by atoms with E-state index in [4.69, 9.17) is 0 Å². The zero-order valence-corrected chi connectivity index (χ0v) is 34.2. The van der Waals surface area contributed by atoms with Crippen LogP contribution in [0.2, 0.25) is 0 Å². The Morgan fingerprint density at radius 3 is 1.41 bits per heavy atom. The van der Waals surface area contributed by atoms with Crippen LogP contribution in [0.1, 0.15) is 9.60 Å². The largest absolute Gasteiger partial charge is 0.310 e. The van der Waals surface area contributed by atoms with Gasteiger partial charge in [0.2, 0.25) is 0 Å². The first-order valence-corrected chi connectivity index (χ1v) is 21.1. The van der Waals surface area contributed by atoms with Crippen LogP contribution in [0.4, 0.5) is 17.1 Å². The standard InChI is InChI=1S/C62H43N/c1-4-15-44(16-5-1)53-36-42-61(60(43-53)49-19-8-3-9-20-49)63(54-37-31-46(32-38-54)45-27-29-51(30-28-45)57-26-14-23-47-21-10-12-24-56(47)57)55-39-33-52(34-40-55)62-58-25-13-11-22-50(58)35-41-59(62)48-17-6-2-7-18-48/h1-43H/i33D,34D,36D,39D,40D,42D,43D. The van der Waals surface area contributed by atoms with Crippen molar-refractivity contribution in [2.45, 2.75) is 0 Å². The molecule has 1 heteroatoms. The molecule has 11 aromatic carbocycles. The summed E-state index contributed by atoms with van der Waals surface area (Å²) in [7, 11) is 0. The fourth-order valence-corrected chi connectivity index (χ4v) is 8.56. The Balaban J connectivity index is 1.14. The van der Waals surface area contributed by atoms with E-state index in [2.05, 4.69) is 60.7 Å². The minimum atomic E-state index is -0.334. The lowest BCUT2D eigenvalue weighted by molar-refractivity contribution is 1.28. The van der Waals surface area contributed by atoms with E-state index in [1.54, 1.807) is 4.90 Å². The third kappa shape index (κ3) is 7.37. The number of hydrogen-bond donors (Lipinski definition) is 0. The number of benzene rings is 11. The minimum Gasteiger partial charge on any atom is -0.310 e. The summed E-state index contributed by atoms with van der Waals surface area (Å²) in [5, 5.41) is 4.01. The van der Waals surface area contributed by atoms with Crippen molar-refractivity contribution in [3.05, 3.63) is 261 Å². The third-order valence-electron chi connectivity index (χ3n) is 11.7. The lowest BCUT2D eigenvalue weighted by Gasteiger charge is -2.29. The Hall–Kier alpha value is -8.26. The molecular formula is C62H43N. The molecule has 1 nitrogen and oxygen atoms in total. The molecule has 11 rings (SSSR count). The zero-order chi connectivity index (χ0) is 48.0. The Morgan fingerprint density at radius 1 is 0.270 bits per heavy atom. The van der Waals surface area contributed by atoms with Crippen LogP contribution in [0.25, 0.3) is 88.3 Å². The lowest BCUT2D eigenvalue weighted by atomic mass is 9.89. The molecule has 0 bridgehead atoms. The Labute approximate surface area is 379 Å². The van der Waals surface area contributed by atoms with Crippen molar-refractivity contribution >= 4 is 38.6 Å². The second-order valence-corrected chi connectivity index (χ2v) is 15.5. The van der Waals surface area contributed by atoms with E-state index in [9.17, 15) is 9.60 Å². The topological polar surface area (TPSA) is 3.24 Å². The van der Waals surface area contributed by atoms with E-state index in [1.807, 2.05) is 158 Å². The average Bonchev–Trinajstić information content (AvgIpc) is 3.41. The van der Waals surface area contributed by atoms with E-state index in [-0.39, 0.29) is 64.8 Å². The molecule has 296 valence electrons. The second-order valence-electron chi connectivity index (χ2n) is 15.5. The summed E-state index contributed by atoms with van der Waals surface area (Å²) in [5.41, 5.74) is 8.63. The molecule has 0 aromatic heterocycles. The van der Waals surface area contributed by atoms with E-state index < -0.39 is 0 Å². The third-order valence-corrected chi connectivity index (χ3v) is 11.7. The van der Waals surface area contributed by atoms with Crippen molar-refractivity contribution in [3.63, 3.8) is 0 Å². The van der Waals surface area contributed by atoms with Gasteiger partial charge in [-0.25, -0.2) is 0 Å². The maximum atomic E-state index is 10.00. The molecule has 0 N–H and O–H groups in total. The van der Waals surface area contributed by atoms with Crippen LogP contribution in [-0.2, 0) is 0 Å². The molecule has 63 heavy (non-hydrogen) atoms. The highest BCUT2D eigenvalue weighted by Gasteiger charge is 2.20. The first-order valence-electron chi connectivity index (χ1n) is 24.6. The molecule has 0 fully saturated rings. The summed E-state index contributed by atoms with van der Waals surface area (Å²) in [6.45, 7) is 0. The highest BCUT2D eigenvalue weighted by Crippen LogP contribution is 2.45. The van der Waals surface area contributed by atoms with Crippen LogP contribution in [0.3, 0.4) is 0 Å². The van der Waals surface area contributed by atoms with Gasteiger partial charge in [0.25, 0.3) is 0 Å². The highest BCUT2D eigenvalue weighted by atomic mass is 15.1. The lowest BCUT2D eigenvalue weighted by Crippen LogP contribution is -2.11. The molecule has 0 aliphatic heterocycles. The van der Waals surface area contributed by atoms with Crippen LogP contribution in [0, 0.1) is 0 Å². The first-order chi connectivity index (χ1) is 34.2. The summed E-state index contributed by atoms with van der Waals surface area (Å²) in [6.07, 6.45) is 0. The molecule has 0 saturated carbocycles. The van der Waals surface area contributed by atoms with Gasteiger partial charge in [0.1, 0.15) is 0 Å². The minimum absolute atomic E-state index is 0.00330. The molecule has 0 saturated heterocycles. The molecule has 0 aliphatic carbocycles. The predicted octanol–water partition coefficient (Wildman–Crippen LogP) is 17.5. The van der Waals surface area contributed by atoms with Crippen LogP contribution < -0.4 is 4.90 Å². The highest BCUT2D eigenvalue weighted by molar-refractivity contribution is 6.04. The van der Waals surface area contributed by atoms with Crippen LogP contribution in [0.5, 0.6) is 0 Å². The van der Waals surface area contributed by atoms with Gasteiger partial charge in [-0.2, -0.15) is 0 Å². The number of anilines is 3. The fourth-order valence-electron chi connectivity index (χ4n) is 8.56. The zero-order valence-electron chi connectivity index (χ0n) is 41.2. The molecular weight excluding hydrogens is 759 g/mol. The van der Waals surface area contributed by atoms with Gasteiger partial charge in [0, 0.05) is 16.9 Å². The smallest absolute Gasteiger partial charge is 0.0645 e. The Bertz CT molecular complexity index is 3730. The van der Waals surface area contributed by atoms with Crippen molar-refractivity contribution in [2.75, 3.05) is 4.90 Å². The van der Waals surface area contributed by atoms with Gasteiger partial charge in [0.05, 0.1) is 15.3 Å². The van der Waals surface area contributed by atoms with Crippen molar-refractivity contribution in [1.82, 2.24) is 0 Å². The van der Waals surface area contributed by atoms with Crippen molar-refractivity contribution < 1.29 is 9.60 Å². The predicted molar refractivity (Wildman–Crippen MR) is 269 cm³/mol. The first kappa shape index (κ1) is 30.7. The average molecular weight is 809 g/mol. The van der Waals surface area contributed by atoms with Gasteiger partial charge < -0.3 is 4.90 Å². The van der Waals surface area contributed by atoms with Gasteiger partial charge >= 0.3 is 0 Å². The van der Waals surface area contributed by atoms with E-state index in [0.717, 1.165) is 44.2 Å². The Morgan fingerprint density at radius 2 is 0.746 bits per heavy atom. The summed E-state index contributed by atoms with van der Waals surface area (Å²) >= 11 is 0. The SMILES string of the molecule is [2H]c1c([2H])c(N(c2ccc(-c3ccc(-c4cccc5ccccc45)cc3)cc2)c2c([2H])c([2H])c(-c3c(-c4ccccc4)ccc4ccccc34)c([2H])c2[2H])c(-c2ccccc2)c([2H])c1-c1ccccc1. The molecule has 0 atom stereocenters. The molecule has 0 unspecified atom stereocenters. The number of hydrogen-bond acceptors (Lipinski definition) is 1. The molecule has 0 spiro atoms. The summed E-state index contributed by atoms with van der Waals surface area (Å²) < 4.78 is 69.2. The summed E-state index contributed by atoms with van der Waals surface area (Å²) in [6, 6.07) is 68.9. The quantitative estimate of drug-likeness (QED) is 0.140. The maximum absolute atomic E-state index is 10.00. The van der Waals surface area contributed by atoms with Crippen LogP contribution in [0.15, 0.2) is 261 Å². The van der Waals surface area contributed by atoms with Gasteiger partial charge in [0.15, 0.2) is 0 Å². The van der Waals surface area contributed by atoms with Crippen LogP contribution in [-0.4, -0.2) is 0 Å². The van der Waals surface area contributed by atoms with Crippen molar-refractivity contribution in [2.24, 2.45) is 0 Å². The maximum Gasteiger partial charge on any atom is 0.0645 e. The second kappa shape index (κ2) is 16.7. The Kier molecular flexibility index (Phi) is 8.12. The molecule has 11 aromatic rings. The van der Waals surface area contributed by atoms with Crippen molar-refractivity contribution in [1.29, 1.82) is 0 Å². The van der Waals surface area contributed by atoms with Gasteiger partial charge in [-0.15, -0.1) is 0 Å². The normalized spacial score (nSPS) is 12.7. The van der Waals surface area contributed by atoms with Gasteiger partial charge in [-0.3, -0.25) is 0 Å². The van der Waals surface area contributed by atoms with E-state index in [1.165, 1.54) is 10.8 Å².